The number of hydrogen-bond acceptors (Lipinski definition) is 4. The molecule has 21 heavy (non-hydrogen) atoms. The van der Waals surface area contributed by atoms with Crippen LogP contribution in [0.25, 0.3) is 0 Å². The van der Waals surface area contributed by atoms with Gasteiger partial charge in [0.25, 0.3) is 0 Å². The summed E-state index contributed by atoms with van der Waals surface area (Å²) >= 11 is 1.72. The smallest absolute Gasteiger partial charge is 0.233 e. The molecule has 4 nitrogen and oxygen atoms in total. The van der Waals surface area contributed by atoms with Gasteiger partial charge in [-0.3, -0.25) is 4.79 Å². The molecule has 0 aliphatic carbocycles. The van der Waals surface area contributed by atoms with Gasteiger partial charge in [-0.25, -0.2) is 0 Å². The zero-order valence-corrected chi connectivity index (χ0v) is 13.9. The zero-order chi connectivity index (χ0) is 15.6. The van der Waals surface area contributed by atoms with Gasteiger partial charge in [0.05, 0.1) is 18.2 Å². The summed E-state index contributed by atoms with van der Waals surface area (Å²) in [5, 5.41) is 9.84. The maximum atomic E-state index is 12.1. The van der Waals surface area contributed by atoms with E-state index in [-0.39, 0.29) is 22.4 Å². The van der Waals surface area contributed by atoms with Crippen molar-refractivity contribution < 1.29 is 14.6 Å². The van der Waals surface area contributed by atoms with E-state index in [1.807, 2.05) is 17.0 Å². The fourth-order valence-corrected chi connectivity index (χ4v) is 3.91. The highest BCUT2D eigenvalue weighted by Crippen LogP contribution is 2.38. The van der Waals surface area contributed by atoms with Crippen LogP contribution in [0, 0.1) is 5.41 Å². The molecular formula is C16H23NO3S. The van der Waals surface area contributed by atoms with Crippen LogP contribution in [0.2, 0.25) is 0 Å². The van der Waals surface area contributed by atoms with Crippen LogP contribution in [-0.4, -0.2) is 40.7 Å². The second-order valence-electron chi connectivity index (χ2n) is 6.37. The lowest BCUT2D eigenvalue weighted by molar-refractivity contribution is -0.129. The number of hydrogen-bond donors (Lipinski definition) is 1. The van der Waals surface area contributed by atoms with Crippen LogP contribution in [0.5, 0.6) is 11.5 Å². The van der Waals surface area contributed by atoms with Gasteiger partial charge in [0.1, 0.15) is 0 Å². The molecule has 1 aliphatic rings. The van der Waals surface area contributed by atoms with E-state index in [1.54, 1.807) is 17.8 Å². The van der Waals surface area contributed by atoms with Gasteiger partial charge in [0.2, 0.25) is 5.91 Å². The second-order valence-corrected chi connectivity index (χ2v) is 7.44. The van der Waals surface area contributed by atoms with Crippen molar-refractivity contribution in [2.45, 2.75) is 32.6 Å². The van der Waals surface area contributed by atoms with E-state index in [1.165, 1.54) is 7.11 Å². The molecule has 1 aromatic rings. The number of carbonyl (C=O) groups excluding carboxylic acids is 1. The van der Waals surface area contributed by atoms with Crippen molar-refractivity contribution in [3.05, 3.63) is 23.8 Å². The maximum absolute atomic E-state index is 12.1. The van der Waals surface area contributed by atoms with Crippen molar-refractivity contribution >= 4 is 17.7 Å². The number of phenols is 1. The number of amides is 1. The van der Waals surface area contributed by atoms with Crippen molar-refractivity contribution in [2.75, 3.05) is 19.4 Å². The van der Waals surface area contributed by atoms with Crippen molar-refractivity contribution in [1.29, 1.82) is 0 Å². The Labute approximate surface area is 130 Å². The Kier molecular flexibility index (Phi) is 4.71. The first-order chi connectivity index (χ1) is 9.82. The van der Waals surface area contributed by atoms with E-state index >= 15 is 0 Å². The summed E-state index contributed by atoms with van der Waals surface area (Å²) in [6.45, 7) is 7.20. The van der Waals surface area contributed by atoms with E-state index in [0.717, 1.165) is 12.0 Å². The summed E-state index contributed by atoms with van der Waals surface area (Å²) < 4.78 is 5.12. The number of carbonyl (C=O) groups is 1. The van der Waals surface area contributed by atoms with E-state index < -0.39 is 0 Å². The lowest BCUT2D eigenvalue weighted by Crippen LogP contribution is -2.41. The minimum absolute atomic E-state index is 0.0729. The van der Waals surface area contributed by atoms with Gasteiger partial charge >= 0.3 is 0 Å². The highest BCUT2D eigenvalue weighted by Gasteiger charge is 2.38. The number of phenolic OH excluding ortho intramolecular Hbond substituents is 1. The lowest BCUT2D eigenvalue weighted by atomic mass is 9.95. The largest absolute Gasteiger partial charge is 0.504 e. The molecule has 1 heterocycles. The third-order valence-corrected chi connectivity index (χ3v) is 5.29. The number of aromatic hydroxyl groups is 1. The van der Waals surface area contributed by atoms with Crippen LogP contribution in [0.15, 0.2) is 18.2 Å². The normalized spacial score (nSPS) is 19.1. The first-order valence-corrected chi connectivity index (χ1v) is 8.15. The van der Waals surface area contributed by atoms with Gasteiger partial charge in [0.15, 0.2) is 11.5 Å². The molecule has 1 aliphatic heterocycles. The number of rotatable bonds is 4. The van der Waals surface area contributed by atoms with Crippen LogP contribution in [0.4, 0.5) is 0 Å². The van der Waals surface area contributed by atoms with Crippen LogP contribution in [0.3, 0.4) is 0 Å². The third-order valence-electron chi connectivity index (χ3n) is 3.59. The van der Waals surface area contributed by atoms with Crippen molar-refractivity contribution in [3.63, 3.8) is 0 Å². The van der Waals surface area contributed by atoms with E-state index in [9.17, 15) is 9.90 Å². The molecule has 116 valence electrons. The highest BCUT2D eigenvalue weighted by molar-refractivity contribution is 8.01. The van der Waals surface area contributed by atoms with Crippen LogP contribution >= 0.6 is 11.8 Å². The summed E-state index contributed by atoms with van der Waals surface area (Å²) in [4.78, 5) is 14.0. The van der Waals surface area contributed by atoms with Gasteiger partial charge in [-0.15, -0.1) is 11.8 Å². The Morgan fingerprint density at radius 2 is 2.14 bits per heavy atom. The summed E-state index contributed by atoms with van der Waals surface area (Å²) in [5.41, 5.74) is 1.13. The molecule has 0 radical (unpaired) electrons. The number of methoxy groups -OCH3 is 1. The highest BCUT2D eigenvalue weighted by atomic mass is 32.2. The van der Waals surface area contributed by atoms with Gasteiger partial charge < -0.3 is 14.7 Å². The lowest BCUT2D eigenvalue weighted by Gasteiger charge is -2.34. The minimum atomic E-state index is 0.0729. The molecule has 1 amide bonds. The summed E-state index contributed by atoms with van der Waals surface area (Å²) in [5.74, 6) is 1.40. The first kappa shape index (κ1) is 16.0. The average molecular weight is 309 g/mol. The van der Waals surface area contributed by atoms with Crippen LogP contribution < -0.4 is 4.74 Å². The van der Waals surface area contributed by atoms with E-state index in [0.29, 0.717) is 18.0 Å². The predicted molar refractivity (Wildman–Crippen MR) is 85.8 cm³/mol. The van der Waals surface area contributed by atoms with Crippen molar-refractivity contribution in [2.24, 2.45) is 5.41 Å². The number of nitrogens with zero attached hydrogens (tertiary/aromatic N) is 1. The van der Waals surface area contributed by atoms with Gasteiger partial charge in [-0.2, -0.15) is 0 Å². The topological polar surface area (TPSA) is 49.8 Å². The van der Waals surface area contributed by atoms with Gasteiger partial charge in [-0.1, -0.05) is 26.8 Å². The molecule has 1 unspecified atom stereocenters. The zero-order valence-electron chi connectivity index (χ0n) is 13.0. The summed E-state index contributed by atoms with van der Waals surface area (Å²) in [7, 11) is 1.54. The fraction of sp³-hybridized carbons (Fsp3) is 0.562. The fourth-order valence-electron chi connectivity index (χ4n) is 2.54. The van der Waals surface area contributed by atoms with Crippen LogP contribution in [0.1, 0.15) is 26.3 Å². The molecule has 1 fully saturated rings. The molecule has 0 spiro atoms. The first-order valence-electron chi connectivity index (χ1n) is 7.10. The molecule has 0 saturated carbocycles. The molecule has 5 heteroatoms. The molecule has 0 aromatic heterocycles. The predicted octanol–water partition coefficient (Wildman–Crippen LogP) is 2.89. The Balaban J connectivity index is 2.06. The molecular weight excluding hydrogens is 286 g/mol. The molecule has 1 aromatic carbocycles. The van der Waals surface area contributed by atoms with Gasteiger partial charge in [0, 0.05) is 6.54 Å². The third kappa shape index (κ3) is 3.64. The maximum Gasteiger partial charge on any atom is 0.233 e. The monoisotopic (exact) mass is 309 g/mol. The SMILES string of the molecule is COc1cc(CCN2C(=O)CSC2C(C)(C)C)ccc1O. The van der Waals surface area contributed by atoms with Crippen molar-refractivity contribution in [1.82, 2.24) is 4.90 Å². The quantitative estimate of drug-likeness (QED) is 0.929. The van der Waals surface area contributed by atoms with Gasteiger partial charge in [-0.05, 0) is 29.5 Å². The van der Waals surface area contributed by atoms with E-state index in [2.05, 4.69) is 20.8 Å². The number of benzene rings is 1. The summed E-state index contributed by atoms with van der Waals surface area (Å²) in [6, 6.07) is 5.34. The molecule has 1 N–H and O–H groups in total. The minimum Gasteiger partial charge on any atom is -0.504 e. The molecule has 2 rings (SSSR count). The standard InChI is InChI=1S/C16H23NO3S/c1-16(2,3)15-17(14(19)10-21-15)8-7-11-5-6-12(18)13(9-11)20-4/h5-6,9,15,18H,7-8,10H2,1-4H3. The Morgan fingerprint density at radius 3 is 2.76 bits per heavy atom. The molecule has 1 atom stereocenters. The molecule has 0 bridgehead atoms. The Hall–Kier alpha value is -1.36. The molecule has 1 saturated heterocycles. The number of ether oxygens (including phenoxy) is 1. The van der Waals surface area contributed by atoms with Crippen molar-refractivity contribution in [3.8, 4) is 11.5 Å². The Morgan fingerprint density at radius 1 is 1.43 bits per heavy atom. The number of thioether (sulfide) groups is 1. The van der Waals surface area contributed by atoms with E-state index in [4.69, 9.17) is 4.74 Å². The average Bonchev–Trinajstić information content (AvgIpc) is 2.79. The second kappa shape index (κ2) is 6.18. The summed E-state index contributed by atoms with van der Waals surface area (Å²) in [6.07, 6.45) is 0.759. The van der Waals surface area contributed by atoms with Crippen LogP contribution in [-0.2, 0) is 11.2 Å². The Bertz CT molecular complexity index is 525.